The van der Waals surface area contributed by atoms with Crippen molar-refractivity contribution in [2.75, 3.05) is 12.4 Å². The highest BCUT2D eigenvalue weighted by Gasteiger charge is 2.28. The van der Waals surface area contributed by atoms with Crippen molar-refractivity contribution in [2.45, 2.75) is 64.3 Å². The molecule has 0 spiro atoms. The lowest BCUT2D eigenvalue weighted by atomic mass is 9.85. The van der Waals surface area contributed by atoms with Gasteiger partial charge in [0, 0.05) is 40.5 Å². The molecular formula is C28H34N2O3. The summed E-state index contributed by atoms with van der Waals surface area (Å²) in [5.41, 5.74) is 4.14. The van der Waals surface area contributed by atoms with E-state index in [2.05, 4.69) is 30.5 Å². The number of amides is 1. The molecule has 1 amide bonds. The molecule has 5 nitrogen and oxygen atoms in total. The summed E-state index contributed by atoms with van der Waals surface area (Å²) in [7, 11) is 1.64. The Kier molecular flexibility index (Phi) is 6.87. The van der Waals surface area contributed by atoms with E-state index in [1.54, 1.807) is 37.5 Å². The van der Waals surface area contributed by atoms with E-state index >= 15 is 0 Å². The first-order valence-corrected chi connectivity index (χ1v) is 11.9. The van der Waals surface area contributed by atoms with Crippen molar-refractivity contribution in [3.05, 3.63) is 65.2 Å². The first-order valence-electron chi connectivity index (χ1n) is 11.9. The lowest BCUT2D eigenvalue weighted by Crippen LogP contribution is -2.43. The quantitative estimate of drug-likeness (QED) is 0.420. The number of allylic oxidation sites excluding steroid dienone is 1. The highest BCUT2D eigenvalue weighted by molar-refractivity contribution is 6.09. The van der Waals surface area contributed by atoms with Crippen molar-refractivity contribution in [1.29, 1.82) is 0 Å². The zero-order valence-electron chi connectivity index (χ0n) is 19.9. The normalized spacial score (nSPS) is 18.5. The van der Waals surface area contributed by atoms with Crippen molar-refractivity contribution in [2.24, 2.45) is 5.92 Å². The van der Waals surface area contributed by atoms with E-state index in [1.807, 2.05) is 12.1 Å². The van der Waals surface area contributed by atoms with Crippen LogP contribution < -0.4 is 15.4 Å². The summed E-state index contributed by atoms with van der Waals surface area (Å²) in [5.74, 6) is 1.43. The predicted molar refractivity (Wildman–Crippen MR) is 132 cm³/mol. The maximum absolute atomic E-state index is 13.0. The second-order valence-electron chi connectivity index (χ2n) is 9.95. The SMILES string of the molecule is COc1ccc2c(c1)/C(=C/C(=O)c1ccc(NC(=O)CCC3CCCC3)cc1)NC(C)(C)C2. The third kappa shape index (κ3) is 5.84. The van der Waals surface area contributed by atoms with Gasteiger partial charge in [0.15, 0.2) is 5.78 Å². The van der Waals surface area contributed by atoms with Crippen molar-refractivity contribution in [1.82, 2.24) is 5.32 Å². The standard InChI is InChI=1S/C28H34N2O3/c1-28(2)18-21-11-14-23(33-3)16-24(21)25(30-28)17-26(31)20-9-12-22(13-10-20)29-27(32)15-8-19-6-4-5-7-19/h9-14,16-17,19,30H,4-8,15,18H2,1-3H3,(H,29,32)/b25-17-. The Bertz CT molecular complexity index is 1050. The molecule has 0 aromatic heterocycles. The summed E-state index contributed by atoms with van der Waals surface area (Å²) in [6.45, 7) is 4.26. The van der Waals surface area contributed by atoms with Crippen LogP contribution in [0.2, 0.25) is 0 Å². The molecular weight excluding hydrogens is 412 g/mol. The summed E-state index contributed by atoms with van der Waals surface area (Å²) < 4.78 is 5.39. The van der Waals surface area contributed by atoms with Gasteiger partial charge in [0.1, 0.15) is 5.75 Å². The van der Waals surface area contributed by atoms with Gasteiger partial charge in [-0.2, -0.15) is 0 Å². The van der Waals surface area contributed by atoms with E-state index in [4.69, 9.17) is 4.74 Å². The largest absolute Gasteiger partial charge is 0.497 e. The zero-order valence-corrected chi connectivity index (χ0v) is 19.9. The fourth-order valence-corrected chi connectivity index (χ4v) is 4.94. The minimum absolute atomic E-state index is 0.0438. The van der Waals surface area contributed by atoms with E-state index in [1.165, 1.54) is 31.2 Å². The van der Waals surface area contributed by atoms with Crippen LogP contribution in [-0.4, -0.2) is 24.3 Å². The molecule has 0 radical (unpaired) electrons. The van der Waals surface area contributed by atoms with Crippen molar-refractivity contribution >= 4 is 23.1 Å². The maximum atomic E-state index is 13.0. The van der Waals surface area contributed by atoms with Crippen LogP contribution in [0.5, 0.6) is 5.75 Å². The Hall–Kier alpha value is -3.08. The molecule has 4 rings (SSSR count). The van der Waals surface area contributed by atoms with Gasteiger partial charge in [-0.25, -0.2) is 0 Å². The van der Waals surface area contributed by atoms with Crippen molar-refractivity contribution in [3.8, 4) is 5.75 Å². The molecule has 2 aromatic rings. The predicted octanol–water partition coefficient (Wildman–Crippen LogP) is 5.75. The zero-order chi connectivity index (χ0) is 23.4. The average Bonchev–Trinajstić information content (AvgIpc) is 3.31. The van der Waals surface area contributed by atoms with Gasteiger partial charge in [-0.15, -0.1) is 0 Å². The molecule has 174 valence electrons. The van der Waals surface area contributed by atoms with Crippen molar-refractivity contribution in [3.63, 3.8) is 0 Å². The fraction of sp³-hybridized carbons (Fsp3) is 0.429. The fourth-order valence-electron chi connectivity index (χ4n) is 4.94. The summed E-state index contributed by atoms with van der Waals surface area (Å²) in [6.07, 6.45) is 9.15. The third-order valence-electron chi connectivity index (χ3n) is 6.70. The highest BCUT2D eigenvalue weighted by Crippen LogP contribution is 2.32. The third-order valence-corrected chi connectivity index (χ3v) is 6.70. The number of anilines is 1. The minimum atomic E-state index is -0.152. The first-order chi connectivity index (χ1) is 15.8. The van der Waals surface area contributed by atoms with Crippen LogP contribution in [0.1, 0.15) is 73.9 Å². The van der Waals surface area contributed by atoms with Crippen LogP contribution in [-0.2, 0) is 11.2 Å². The number of ketones is 1. The molecule has 0 atom stereocenters. The Labute approximate surface area is 196 Å². The van der Waals surface area contributed by atoms with E-state index in [9.17, 15) is 9.59 Å². The lowest BCUT2D eigenvalue weighted by Gasteiger charge is -2.35. The van der Waals surface area contributed by atoms with E-state index in [-0.39, 0.29) is 17.2 Å². The van der Waals surface area contributed by atoms with Crippen LogP contribution in [0.4, 0.5) is 5.69 Å². The monoisotopic (exact) mass is 446 g/mol. The van der Waals surface area contributed by atoms with Gasteiger partial charge >= 0.3 is 0 Å². The second-order valence-corrected chi connectivity index (χ2v) is 9.95. The van der Waals surface area contributed by atoms with Crippen LogP contribution >= 0.6 is 0 Å². The molecule has 33 heavy (non-hydrogen) atoms. The molecule has 0 unspecified atom stereocenters. The number of carbonyl (C=O) groups is 2. The molecule has 1 heterocycles. The second kappa shape index (κ2) is 9.82. The summed E-state index contributed by atoms with van der Waals surface area (Å²) in [6, 6.07) is 13.1. The van der Waals surface area contributed by atoms with Crippen LogP contribution in [0.25, 0.3) is 5.70 Å². The lowest BCUT2D eigenvalue weighted by molar-refractivity contribution is -0.116. The number of rotatable bonds is 7. The Morgan fingerprint density at radius 1 is 1.12 bits per heavy atom. The van der Waals surface area contributed by atoms with Gasteiger partial charge in [-0.1, -0.05) is 31.7 Å². The number of nitrogens with one attached hydrogen (secondary N) is 2. The van der Waals surface area contributed by atoms with Gasteiger partial charge in [0.25, 0.3) is 0 Å². The first kappa shape index (κ1) is 23.1. The molecule has 0 saturated heterocycles. The molecule has 2 aliphatic rings. The van der Waals surface area contributed by atoms with Gasteiger partial charge in [-0.3, -0.25) is 9.59 Å². The summed E-state index contributed by atoms with van der Waals surface area (Å²) in [5, 5.41) is 6.46. The van der Waals surface area contributed by atoms with Crippen LogP contribution in [0.15, 0.2) is 48.5 Å². The molecule has 5 heteroatoms. The average molecular weight is 447 g/mol. The molecule has 0 bridgehead atoms. The minimum Gasteiger partial charge on any atom is -0.497 e. The van der Waals surface area contributed by atoms with Gasteiger partial charge in [0.2, 0.25) is 5.91 Å². The van der Waals surface area contributed by atoms with Gasteiger partial charge in [0.05, 0.1) is 7.11 Å². The Morgan fingerprint density at radius 2 is 1.85 bits per heavy atom. The van der Waals surface area contributed by atoms with Crippen molar-refractivity contribution < 1.29 is 14.3 Å². The number of benzene rings is 2. The number of hydrogen-bond donors (Lipinski definition) is 2. The summed E-state index contributed by atoms with van der Waals surface area (Å²) >= 11 is 0. The number of ether oxygens (including phenoxy) is 1. The van der Waals surface area contributed by atoms with Gasteiger partial charge in [-0.05, 0) is 74.6 Å². The smallest absolute Gasteiger partial charge is 0.224 e. The highest BCUT2D eigenvalue weighted by atomic mass is 16.5. The van der Waals surface area contributed by atoms with Crippen LogP contribution in [0, 0.1) is 5.92 Å². The molecule has 1 fully saturated rings. The van der Waals surface area contributed by atoms with E-state index in [0.717, 1.165) is 35.5 Å². The Balaban J connectivity index is 1.44. The molecule has 2 N–H and O–H groups in total. The van der Waals surface area contributed by atoms with E-state index in [0.29, 0.717) is 17.9 Å². The van der Waals surface area contributed by atoms with Gasteiger partial charge < -0.3 is 15.4 Å². The number of hydrogen-bond acceptors (Lipinski definition) is 4. The molecule has 1 aliphatic heterocycles. The summed E-state index contributed by atoms with van der Waals surface area (Å²) in [4.78, 5) is 25.3. The maximum Gasteiger partial charge on any atom is 0.224 e. The Morgan fingerprint density at radius 3 is 2.55 bits per heavy atom. The molecule has 1 aliphatic carbocycles. The molecule has 2 aromatic carbocycles. The number of methoxy groups -OCH3 is 1. The molecule has 1 saturated carbocycles. The number of carbonyl (C=O) groups excluding carboxylic acids is 2. The number of fused-ring (bicyclic) bond motifs is 1. The van der Waals surface area contributed by atoms with E-state index < -0.39 is 0 Å². The topological polar surface area (TPSA) is 67.4 Å². The van der Waals surface area contributed by atoms with Crippen LogP contribution in [0.3, 0.4) is 0 Å².